The number of nitrogens with one attached hydrogen (secondary N) is 2. The first-order valence-electron chi connectivity index (χ1n) is 7.79. The minimum absolute atomic E-state index is 0.0763. The lowest BCUT2D eigenvalue weighted by atomic mass is 9.88. The van der Waals surface area contributed by atoms with Gasteiger partial charge >= 0.3 is 6.03 Å². The molecule has 1 saturated heterocycles. The van der Waals surface area contributed by atoms with Crippen molar-refractivity contribution in [2.24, 2.45) is 4.99 Å². The summed E-state index contributed by atoms with van der Waals surface area (Å²) in [6.45, 7) is 6.84. The normalized spacial score (nSPS) is 19.9. The summed E-state index contributed by atoms with van der Waals surface area (Å²) in [5, 5.41) is 8.58. The zero-order valence-corrected chi connectivity index (χ0v) is 14.4. The molecule has 8 heteroatoms. The fraction of sp³-hybridized carbons (Fsp3) is 0.600. The largest absolute Gasteiger partial charge is 0.336 e. The summed E-state index contributed by atoms with van der Waals surface area (Å²) in [5.74, 6) is 0.474. The number of aliphatic imine (C=N–C) groups is 1. The maximum absolute atomic E-state index is 12.4. The molecule has 0 saturated carbocycles. The van der Waals surface area contributed by atoms with Crippen LogP contribution in [-0.2, 0) is 4.79 Å². The van der Waals surface area contributed by atoms with Crippen LogP contribution in [0.4, 0.5) is 4.79 Å². The van der Waals surface area contributed by atoms with E-state index < -0.39 is 5.54 Å². The minimum atomic E-state index is -0.749. The lowest BCUT2D eigenvalue weighted by molar-refractivity contribution is -0.125. The van der Waals surface area contributed by atoms with Crippen LogP contribution in [0.1, 0.15) is 37.4 Å². The topological polar surface area (TPSA) is 86.7 Å². The summed E-state index contributed by atoms with van der Waals surface area (Å²) in [4.78, 5) is 35.2. The van der Waals surface area contributed by atoms with E-state index in [-0.39, 0.29) is 18.0 Å². The number of hydrogen-bond acceptors (Lipinski definition) is 5. The number of likely N-dealkylation sites (tertiary alicyclic amines) is 1. The molecule has 1 spiro atoms. The van der Waals surface area contributed by atoms with Crippen molar-refractivity contribution in [1.82, 2.24) is 20.5 Å². The zero-order chi connectivity index (χ0) is 16.6. The van der Waals surface area contributed by atoms with Crippen molar-refractivity contribution in [3.63, 3.8) is 0 Å². The Morgan fingerprint density at radius 3 is 2.70 bits per heavy atom. The number of nitrogens with zero attached hydrogens (tertiary/aromatic N) is 3. The molecule has 0 aliphatic carbocycles. The van der Waals surface area contributed by atoms with E-state index in [1.807, 2.05) is 26.2 Å². The Morgan fingerprint density at radius 2 is 2.13 bits per heavy atom. The fourth-order valence-electron chi connectivity index (χ4n) is 2.87. The lowest BCUT2D eigenvalue weighted by Gasteiger charge is -2.35. The van der Waals surface area contributed by atoms with Gasteiger partial charge in [-0.2, -0.15) is 0 Å². The summed E-state index contributed by atoms with van der Waals surface area (Å²) in [5.41, 5.74) is -0.0284. The Kier molecular flexibility index (Phi) is 4.09. The zero-order valence-electron chi connectivity index (χ0n) is 13.5. The van der Waals surface area contributed by atoms with E-state index in [9.17, 15) is 9.59 Å². The molecule has 0 unspecified atom stereocenters. The predicted octanol–water partition coefficient (Wildman–Crippen LogP) is 1.28. The Labute approximate surface area is 139 Å². The summed E-state index contributed by atoms with van der Waals surface area (Å²) in [6, 6.07) is 0.0262. The number of carbonyl (C=O) groups excluding carboxylic acids is 2. The molecule has 1 aromatic heterocycles. The highest BCUT2D eigenvalue weighted by molar-refractivity contribution is 7.09. The summed E-state index contributed by atoms with van der Waals surface area (Å²) in [7, 11) is 0. The third kappa shape index (κ3) is 3.08. The Balaban J connectivity index is 1.71. The van der Waals surface area contributed by atoms with E-state index >= 15 is 0 Å². The van der Waals surface area contributed by atoms with Gasteiger partial charge in [0.15, 0.2) is 5.84 Å². The summed E-state index contributed by atoms with van der Waals surface area (Å²) < 4.78 is 0. The van der Waals surface area contributed by atoms with Gasteiger partial charge in [-0.1, -0.05) is 0 Å². The lowest BCUT2D eigenvalue weighted by Crippen LogP contribution is -2.53. The van der Waals surface area contributed by atoms with E-state index in [0.717, 1.165) is 10.7 Å². The Morgan fingerprint density at radius 1 is 1.43 bits per heavy atom. The summed E-state index contributed by atoms with van der Waals surface area (Å²) >= 11 is 1.53. The van der Waals surface area contributed by atoms with Crippen LogP contribution < -0.4 is 10.6 Å². The van der Waals surface area contributed by atoms with Gasteiger partial charge in [0, 0.05) is 24.5 Å². The quantitative estimate of drug-likeness (QED) is 0.853. The molecule has 2 aliphatic rings. The van der Waals surface area contributed by atoms with Crippen molar-refractivity contribution in [2.45, 2.75) is 45.2 Å². The predicted molar refractivity (Wildman–Crippen MR) is 88.7 cm³/mol. The number of amidine groups is 1. The van der Waals surface area contributed by atoms with Gasteiger partial charge in [-0.3, -0.25) is 4.79 Å². The Bertz CT molecular complexity index is 659. The average molecular weight is 335 g/mol. The van der Waals surface area contributed by atoms with Crippen molar-refractivity contribution in [2.75, 3.05) is 13.1 Å². The van der Waals surface area contributed by atoms with Gasteiger partial charge in [0.05, 0.1) is 5.01 Å². The van der Waals surface area contributed by atoms with E-state index in [1.54, 1.807) is 4.90 Å². The number of aromatic nitrogens is 1. The molecular formula is C15H21N5O2S. The van der Waals surface area contributed by atoms with Crippen molar-refractivity contribution < 1.29 is 9.59 Å². The molecule has 3 heterocycles. The van der Waals surface area contributed by atoms with Crippen LogP contribution in [0.2, 0.25) is 0 Å². The third-order valence-corrected chi connectivity index (χ3v) is 4.91. The maximum atomic E-state index is 12.4. The molecular weight excluding hydrogens is 314 g/mol. The second-order valence-electron chi connectivity index (χ2n) is 6.29. The van der Waals surface area contributed by atoms with E-state index in [0.29, 0.717) is 31.8 Å². The number of amides is 3. The van der Waals surface area contributed by atoms with Crippen LogP contribution >= 0.6 is 11.3 Å². The molecule has 1 aromatic rings. The monoisotopic (exact) mass is 335 g/mol. The van der Waals surface area contributed by atoms with Crippen LogP contribution in [0.25, 0.3) is 0 Å². The number of carbonyl (C=O) groups is 2. The molecule has 23 heavy (non-hydrogen) atoms. The number of hydrogen-bond donors (Lipinski definition) is 2. The first-order valence-corrected chi connectivity index (χ1v) is 8.67. The summed E-state index contributed by atoms with van der Waals surface area (Å²) in [6.07, 6.45) is 1.08. The molecule has 0 atom stereocenters. The molecule has 3 amide bonds. The number of urea groups is 1. The number of thiazole rings is 1. The van der Waals surface area contributed by atoms with Crippen LogP contribution in [0, 0.1) is 6.92 Å². The fourth-order valence-corrected chi connectivity index (χ4v) is 3.46. The molecule has 2 aliphatic heterocycles. The first kappa shape index (κ1) is 15.9. The van der Waals surface area contributed by atoms with Crippen LogP contribution in [0.15, 0.2) is 10.4 Å². The van der Waals surface area contributed by atoms with Crippen molar-refractivity contribution in [1.29, 1.82) is 0 Å². The molecule has 1 fully saturated rings. The van der Waals surface area contributed by atoms with Crippen LogP contribution in [0.5, 0.6) is 0 Å². The van der Waals surface area contributed by atoms with Crippen molar-refractivity contribution in [3.8, 4) is 0 Å². The van der Waals surface area contributed by atoms with E-state index in [4.69, 9.17) is 0 Å². The van der Waals surface area contributed by atoms with Crippen LogP contribution in [0.3, 0.4) is 0 Å². The smallest absolute Gasteiger partial charge is 0.317 e. The Hall–Kier alpha value is -1.96. The van der Waals surface area contributed by atoms with Gasteiger partial charge in [0.1, 0.15) is 11.2 Å². The van der Waals surface area contributed by atoms with Gasteiger partial charge in [0.25, 0.3) is 5.91 Å². The molecule has 0 aromatic carbocycles. The molecule has 7 nitrogen and oxygen atoms in total. The van der Waals surface area contributed by atoms with Crippen molar-refractivity contribution >= 4 is 29.1 Å². The van der Waals surface area contributed by atoms with Gasteiger partial charge in [-0.15, -0.1) is 11.3 Å². The van der Waals surface area contributed by atoms with Crippen LogP contribution in [-0.4, -0.2) is 52.3 Å². The number of rotatable bonds is 2. The van der Waals surface area contributed by atoms with Gasteiger partial charge in [0.2, 0.25) is 0 Å². The second kappa shape index (κ2) is 5.92. The van der Waals surface area contributed by atoms with Crippen molar-refractivity contribution in [3.05, 3.63) is 16.1 Å². The highest BCUT2D eigenvalue weighted by Crippen LogP contribution is 2.31. The van der Waals surface area contributed by atoms with Gasteiger partial charge < -0.3 is 15.5 Å². The van der Waals surface area contributed by atoms with Gasteiger partial charge in [-0.05, 0) is 33.6 Å². The molecule has 2 N–H and O–H groups in total. The molecule has 124 valence electrons. The number of aryl methyl sites for hydroxylation is 1. The SMILES string of the molecule is Cc1nc(C2=NC3(CCN(C(=O)NC(C)C)CC3)C(=O)N2)cs1. The standard InChI is InChI=1S/C15H21N5O2S/c1-9(2)16-14(22)20-6-4-15(5-7-20)13(21)18-12(19-15)11-8-23-10(3)17-11/h8-9H,4-7H2,1-3H3,(H,16,22)(H,18,19,21). The highest BCUT2D eigenvalue weighted by atomic mass is 32.1. The maximum Gasteiger partial charge on any atom is 0.317 e. The first-order chi connectivity index (χ1) is 10.9. The van der Waals surface area contributed by atoms with Gasteiger partial charge in [-0.25, -0.2) is 14.8 Å². The average Bonchev–Trinajstić information content (AvgIpc) is 3.04. The number of piperidine rings is 1. The molecule has 0 radical (unpaired) electrons. The van der Waals surface area contributed by atoms with E-state index in [1.165, 1.54) is 11.3 Å². The minimum Gasteiger partial charge on any atom is -0.336 e. The molecule has 0 bridgehead atoms. The highest BCUT2D eigenvalue weighted by Gasteiger charge is 2.46. The third-order valence-electron chi connectivity index (χ3n) is 4.13. The second-order valence-corrected chi connectivity index (χ2v) is 7.35. The molecule has 3 rings (SSSR count). The van der Waals surface area contributed by atoms with E-state index in [2.05, 4.69) is 20.6 Å².